The van der Waals surface area contributed by atoms with Crippen molar-refractivity contribution in [3.63, 3.8) is 0 Å². The Morgan fingerprint density at radius 2 is 2.03 bits per heavy atom. The second-order valence-corrected chi connectivity index (χ2v) is 10.6. The van der Waals surface area contributed by atoms with Crippen LogP contribution < -0.4 is 16.2 Å². The lowest BCUT2D eigenvalue weighted by Gasteiger charge is -2.22. The van der Waals surface area contributed by atoms with E-state index in [1.807, 2.05) is 49.0 Å². The van der Waals surface area contributed by atoms with E-state index in [1.165, 1.54) is 5.56 Å². The summed E-state index contributed by atoms with van der Waals surface area (Å²) < 4.78 is 2.52. The van der Waals surface area contributed by atoms with Crippen LogP contribution >= 0.6 is 39.3 Å². The number of benzene rings is 2. The van der Waals surface area contributed by atoms with E-state index in [0.29, 0.717) is 39.5 Å². The maximum atomic E-state index is 13.3. The molecule has 4 aromatic rings. The molecular weight excluding hydrogens is 534 g/mol. The van der Waals surface area contributed by atoms with Crippen LogP contribution in [0, 0.1) is 0 Å². The fourth-order valence-corrected chi connectivity index (χ4v) is 6.01. The Bertz CT molecular complexity index is 1400. The third-order valence-electron chi connectivity index (χ3n) is 5.83. The third-order valence-corrected chi connectivity index (χ3v) is 7.92. The Morgan fingerprint density at radius 1 is 1.21 bits per heavy atom. The van der Waals surface area contributed by atoms with Gasteiger partial charge in [-0.1, -0.05) is 45.7 Å². The van der Waals surface area contributed by atoms with Gasteiger partial charge >= 0.3 is 0 Å². The Balaban J connectivity index is 1.47. The minimum atomic E-state index is -0.133. The molecule has 6 nitrogen and oxygen atoms in total. The van der Waals surface area contributed by atoms with Gasteiger partial charge in [0.1, 0.15) is 5.65 Å². The molecule has 0 spiro atoms. The first-order valence-electron chi connectivity index (χ1n) is 11.1. The zero-order chi connectivity index (χ0) is 23.7. The van der Waals surface area contributed by atoms with Crippen LogP contribution in [0.2, 0.25) is 5.02 Å². The van der Waals surface area contributed by atoms with E-state index in [0.717, 1.165) is 34.4 Å². The lowest BCUT2D eigenvalue weighted by Crippen LogP contribution is -2.28. The molecule has 9 heteroatoms. The van der Waals surface area contributed by atoms with Gasteiger partial charge in [0.25, 0.3) is 5.56 Å². The zero-order valence-electron chi connectivity index (χ0n) is 18.5. The summed E-state index contributed by atoms with van der Waals surface area (Å²) in [7, 11) is 0. The van der Waals surface area contributed by atoms with Gasteiger partial charge in [0.2, 0.25) is 5.95 Å². The fraction of sp³-hybridized carbons (Fsp3) is 0.240. The summed E-state index contributed by atoms with van der Waals surface area (Å²) in [5, 5.41) is 8.49. The summed E-state index contributed by atoms with van der Waals surface area (Å²) in [6.45, 7) is 4.48. The van der Waals surface area contributed by atoms with Gasteiger partial charge in [0.05, 0.1) is 0 Å². The first kappa shape index (κ1) is 23.4. The summed E-state index contributed by atoms with van der Waals surface area (Å²) >= 11 is 11.8. The van der Waals surface area contributed by atoms with Gasteiger partial charge in [-0.3, -0.25) is 9.36 Å². The van der Waals surface area contributed by atoms with E-state index in [2.05, 4.69) is 48.7 Å². The van der Waals surface area contributed by atoms with Crippen molar-refractivity contribution < 1.29 is 0 Å². The summed E-state index contributed by atoms with van der Waals surface area (Å²) in [6.07, 6.45) is 1.74. The number of nitrogens with one attached hydrogen (secondary N) is 2. The molecule has 5 rings (SSSR count). The van der Waals surface area contributed by atoms with Crippen LogP contribution in [-0.4, -0.2) is 33.4 Å². The highest BCUT2D eigenvalue weighted by molar-refractivity contribution is 9.10. The molecule has 34 heavy (non-hydrogen) atoms. The number of halogens is 2. The molecule has 1 aliphatic rings. The number of rotatable bonds is 5. The van der Waals surface area contributed by atoms with Gasteiger partial charge in [0.15, 0.2) is 0 Å². The van der Waals surface area contributed by atoms with E-state index in [-0.39, 0.29) is 5.56 Å². The van der Waals surface area contributed by atoms with Crippen LogP contribution in [0.4, 0.5) is 11.6 Å². The molecule has 2 aromatic carbocycles. The Hall–Kier alpha value is -2.39. The maximum Gasteiger partial charge on any atom is 0.260 e. The number of nitrogens with zero attached hydrogens (tertiary/aromatic N) is 3. The maximum absolute atomic E-state index is 13.3. The van der Waals surface area contributed by atoms with Gasteiger partial charge in [-0.15, -0.1) is 0 Å². The van der Waals surface area contributed by atoms with Crippen LogP contribution in [-0.2, 0) is 6.54 Å². The van der Waals surface area contributed by atoms with Crippen molar-refractivity contribution in [3.8, 4) is 11.1 Å². The summed E-state index contributed by atoms with van der Waals surface area (Å²) in [5.74, 6) is 1.58. The number of anilines is 2. The number of fused-ring (bicyclic) bond motifs is 1. The van der Waals surface area contributed by atoms with E-state index >= 15 is 0 Å². The van der Waals surface area contributed by atoms with Crippen LogP contribution in [0.3, 0.4) is 0 Å². The quantitative estimate of drug-likeness (QED) is 0.313. The highest BCUT2D eigenvalue weighted by atomic mass is 79.9. The zero-order valence-corrected chi connectivity index (χ0v) is 21.7. The van der Waals surface area contributed by atoms with Crippen molar-refractivity contribution in [3.05, 3.63) is 80.1 Å². The lowest BCUT2D eigenvalue weighted by molar-refractivity contribution is 0.689. The molecule has 1 saturated heterocycles. The Labute approximate surface area is 215 Å². The van der Waals surface area contributed by atoms with Crippen molar-refractivity contribution in [2.24, 2.45) is 0 Å². The average Bonchev–Trinajstić information content (AvgIpc) is 2.85. The molecule has 0 amide bonds. The first-order valence-corrected chi connectivity index (χ1v) is 13.3. The van der Waals surface area contributed by atoms with Crippen LogP contribution in [0.15, 0.2) is 64.0 Å². The highest BCUT2D eigenvalue weighted by Gasteiger charge is 2.17. The second-order valence-electron chi connectivity index (χ2n) is 8.01. The molecule has 174 valence electrons. The molecule has 0 aliphatic carbocycles. The molecule has 0 bridgehead atoms. The van der Waals surface area contributed by atoms with Crippen LogP contribution in [0.5, 0.6) is 0 Å². The topological polar surface area (TPSA) is 71.8 Å². The van der Waals surface area contributed by atoms with Gasteiger partial charge in [-0.25, -0.2) is 4.98 Å². The molecule has 0 saturated carbocycles. The predicted octanol–water partition coefficient (Wildman–Crippen LogP) is 6.02. The van der Waals surface area contributed by atoms with Gasteiger partial charge in [-0.2, -0.15) is 16.7 Å². The fourth-order valence-electron chi connectivity index (χ4n) is 4.10. The summed E-state index contributed by atoms with van der Waals surface area (Å²) in [4.78, 5) is 22.5. The highest BCUT2D eigenvalue weighted by Crippen LogP contribution is 2.32. The van der Waals surface area contributed by atoms with Gasteiger partial charge in [0, 0.05) is 68.5 Å². The Morgan fingerprint density at radius 3 is 2.74 bits per heavy atom. The predicted molar refractivity (Wildman–Crippen MR) is 145 cm³/mol. The van der Waals surface area contributed by atoms with Gasteiger partial charge < -0.3 is 10.6 Å². The number of pyridine rings is 1. The lowest BCUT2D eigenvalue weighted by atomic mass is 10.1. The second kappa shape index (κ2) is 10.1. The number of hydrogen-bond donors (Lipinski definition) is 2. The molecule has 1 aliphatic heterocycles. The van der Waals surface area contributed by atoms with Crippen molar-refractivity contribution in [1.82, 2.24) is 19.9 Å². The molecule has 1 atom stereocenters. The summed E-state index contributed by atoms with van der Waals surface area (Å²) in [5.41, 5.74) is 3.88. The van der Waals surface area contributed by atoms with E-state index < -0.39 is 0 Å². The van der Waals surface area contributed by atoms with E-state index in [9.17, 15) is 4.79 Å². The first-order chi connectivity index (χ1) is 16.5. The van der Waals surface area contributed by atoms with E-state index in [4.69, 9.17) is 11.6 Å². The third kappa shape index (κ3) is 4.73. The van der Waals surface area contributed by atoms with Crippen molar-refractivity contribution in [2.75, 3.05) is 24.2 Å². The molecule has 2 aromatic heterocycles. The summed E-state index contributed by atoms with van der Waals surface area (Å²) in [6, 6.07) is 15.7. The average molecular weight is 557 g/mol. The van der Waals surface area contributed by atoms with Crippen LogP contribution in [0.1, 0.15) is 17.7 Å². The Kier molecular flexibility index (Phi) is 6.92. The number of aromatic nitrogens is 3. The number of aryl methyl sites for hydroxylation is 1. The molecule has 2 N–H and O–H groups in total. The van der Waals surface area contributed by atoms with Crippen molar-refractivity contribution in [2.45, 2.75) is 18.7 Å². The van der Waals surface area contributed by atoms with Crippen LogP contribution in [0.25, 0.3) is 22.2 Å². The monoisotopic (exact) mass is 555 g/mol. The molecule has 3 heterocycles. The normalized spacial score (nSPS) is 16.0. The standard InChI is InChI=1S/C25H23BrClN5OS/c1-2-32-23-16(11-20(24(32)33)19-8-5-17(26)12-21(19)27)13-29-25(31-23)30-18-6-3-15(4-7-18)22-14-28-9-10-34-22/h3-8,11-13,22,28H,2,9-10,14H2,1H3,(H,29,30,31). The minimum absolute atomic E-state index is 0.133. The van der Waals surface area contributed by atoms with Gasteiger partial charge in [-0.05, 0) is 42.8 Å². The van der Waals surface area contributed by atoms with E-state index in [1.54, 1.807) is 16.8 Å². The van der Waals surface area contributed by atoms with Crippen molar-refractivity contribution >= 4 is 62.0 Å². The molecular formula is C25H23BrClN5OS. The molecule has 1 unspecified atom stereocenters. The number of thioether (sulfide) groups is 1. The molecule has 1 fully saturated rings. The largest absolute Gasteiger partial charge is 0.324 e. The molecule has 0 radical (unpaired) electrons. The minimum Gasteiger partial charge on any atom is -0.324 e. The SMILES string of the molecule is CCn1c(=O)c(-c2ccc(Br)cc2Cl)cc2cnc(Nc3ccc(C4CNCCS4)cc3)nc21. The smallest absolute Gasteiger partial charge is 0.260 e. The number of hydrogen-bond acceptors (Lipinski definition) is 6. The van der Waals surface area contributed by atoms with Crippen molar-refractivity contribution in [1.29, 1.82) is 0 Å².